The lowest BCUT2D eigenvalue weighted by Crippen LogP contribution is -2.20. The van der Waals surface area contributed by atoms with E-state index >= 15 is 0 Å². The molecule has 19 heavy (non-hydrogen) atoms. The summed E-state index contributed by atoms with van der Waals surface area (Å²) in [6.45, 7) is 4.92. The third-order valence-corrected chi connectivity index (χ3v) is 3.38. The summed E-state index contributed by atoms with van der Waals surface area (Å²) < 4.78 is 2.04. The lowest BCUT2D eigenvalue weighted by molar-refractivity contribution is 0.490. The van der Waals surface area contributed by atoms with E-state index in [4.69, 9.17) is 11.0 Å². The van der Waals surface area contributed by atoms with Crippen molar-refractivity contribution in [2.45, 2.75) is 19.8 Å². The third kappa shape index (κ3) is 2.67. The van der Waals surface area contributed by atoms with Gasteiger partial charge in [-0.05, 0) is 30.2 Å². The number of hydrogen-bond donors (Lipinski definition) is 1. The van der Waals surface area contributed by atoms with Crippen LogP contribution >= 0.6 is 0 Å². The van der Waals surface area contributed by atoms with Crippen molar-refractivity contribution in [1.29, 1.82) is 5.26 Å². The van der Waals surface area contributed by atoms with Crippen LogP contribution in [0.1, 0.15) is 31.0 Å². The molecule has 0 saturated carbocycles. The number of nitrogens with zero attached hydrogens (tertiary/aromatic N) is 3. The van der Waals surface area contributed by atoms with Crippen molar-refractivity contribution in [3.63, 3.8) is 0 Å². The first-order valence-electron chi connectivity index (χ1n) is 6.40. The molecule has 1 atom stereocenters. The van der Waals surface area contributed by atoms with Gasteiger partial charge in [-0.15, -0.1) is 0 Å². The van der Waals surface area contributed by atoms with Crippen LogP contribution < -0.4 is 5.73 Å². The molecule has 0 fully saturated rings. The molecule has 4 heteroatoms. The summed E-state index contributed by atoms with van der Waals surface area (Å²) in [5.74, 6) is 0.733. The fraction of sp³-hybridized carbons (Fsp3) is 0.333. The molecule has 0 saturated heterocycles. The largest absolute Gasteiger partial charge is 0.330 e. The van der Waals surface area contributed by atoms with E-state index in [1.54, 1.807) is 6.33 Å². The highest BCUT2D eigenvalue weighted by molar-refractivity contribution is 5.40. The van der Waals surface area contributed by atoms with Gasteiger partial charge in [0.25, 0.3) is 0 Å². The van der Waals surface area contributed by atoms with Crippen LogP contribution in [-0.2, 0) is 0 Å². The number of nitriles is 1. The molecule has 0 aliphatic heterocycles. The highest BCUT2D eigenvalue weighted by Crippen LogP contribution is 2.25. The van der Waals surface area contributed by atoms with Crippen molar-refractivity contribution in [1.82, 2.24) is 9.55 Å². The Morgan fingerprint density at radius 1 is 1.32 bits per heavy atom. The van der Waals surface area contributed by atoms with Gasteiger partial charge in [0.15, 0.2) is 0 Å². The molecule has 2 N–H and O–H groups in total. The molecule has 1 aromatic heterocycles. The fourth-order valence-electron chi connectivity index (χ4n) is 2.23. The van der Waals surface area contributed by atoms with Gasteiger partial charge in [0, 0.05) is 30.0 Å². The zero-order valence-corrected chi connectivity index (χ0v) is 11.2. The van der Waals surface area contributed by atoms with E-state index in [0.717, 1.165) is 11.4 Å². The first-order chi connectivity index (χ1) is 9.17. The van der Waals surface area contributed by atoms with Gasteiger partial charge in [0.2, 0.25) is 0 Å². The summed E-state index contributed by atoms with van der Waals surface area (Å²) in [5, 5.41) is 8.83. The third-order valence-electron chi connectivity index (χ3n) is 3.38. The lowest BCUT2D eigenvalue weighted by atomic mass is 9.93. The van der Waals surface area contributed by atoms with E-state index in [0.29, 0.717) is 18.0 Å². The fourth-order valence-corrected chi connectivity index (χ4v) is 2.23. The summed E-state index contributed by atoms with van der Waals surface area (Å²) >= 11 is 0. The molecule has 98 valence electrons. The van der Waals surface area contributed by atoms with Crippen LogP contribution in [-0.4, -0.2) is 16.1 Å². The molecule has 4 nitrogen and oxygen atoms in total. The van der Waals surface area contributed by atoms with Gasteiger partial charge in [-0.2, -0.15) is 5.26 Å². The number of rotatable bonds is 4. The number of benzene rings is 1. The molecule has 0 radical (unpaired) electrons. The van der Waals surface area contributed by atoms with E-state index in [9.17, 15) is 0 Å². The van der Waals surface area contributed by atoms with Crippen LogP contribution in [0.2, 0.25) is 0 Å². The number of aromatic nitrogens is 2. The van der Waals surface area contributed by atoms with Crippen molar-refractivity contribution in [2.75, 3.05) is 6.54 Å². The predicted molar refractivity (Wildman–Crippen MR) is 74.9 cm³/mol. The topological polar surface area (TPSA) is 67.6 Å². The summed E-state index contributed by atoms with van der Waals surface area (Å²) in [6.07, 6.45) is 3.66. The van der Waals surface area contributed by atoms with Gasteiger partial charge < -0.3 is 10.3 Å². The maximum absolute atomic E-state index is 8.83. The zero-order valence-electron chi connectivity index (χ0n) is 11.2. The van der Waals surface area contributed by atoms with Gasteiger partial charge in [-0.25, -0.2) is 4.98 Å². The zero-order chi connectivity index (χ0) is 13.8. The highest BCUT2D eigenvalue weighted by atomic mass is 15.1. The Morgan fingerprint density at radius 2 is 2.00 bits per heavy atom. The molecule has 0 bridgehead atoms. The Hall–Kier alpha value is -2.12. The molecule has 1 heterocycles. The van der Waals surface area contributed by atoms with Crippen molar-refractivity contribution >= 4 is 0 Å². The van der Waals surface area contributed by atoms with Crippen molar-refractivity contribution < 1.29 is 0 Å². The monoisotopic (exact) mass is 254 g/mol. The van der Waals surface area contributed by atoms with Gasteiger partial charge in [-0.3, -0.25) is 0 Å². The van der Waals surface area contributed by atoms with Crippen LogP contribution in [0.15, 0.2) is 36.8 Å². The molecule has 0 aliphatic rings. The Balaban J connectivity index is 2.40. The molecule has 1 unspecified atom stereocenters. The Labute approximate surface area is 113 Å². The first kappa shape index (κ1) is 13.3. The van der Waals surface area contributed by atoms with Crippen LogP contribution in [0.5, 0.6) is 0 Å². The van der Waals surface area contributed by atoms with Crippen LogP contribution in [0.25, 0.3) is 5.69 Å². The van der Waals surface area contributed by atoms with Crippen molar-refractivity contribution in [2.24, 2.45) is 11.7 Å². The Bertz CT molecular complexity index is 575. The van der Waals surface area contributed by atoms with Crippen LogP contribution in [0.4, 0.5) is 0 Å². The average Bonchev–Trinajstić information content (AvgIpc) is 2.88. The molecule has 2 rings (SSSR count). The minimum Gasteiger partial charge on any atom is -0.330 e. The van der Waals surface area contributed by atoms with Crippen LogP contribution in [0, 0.1) is 17.2 Å². The first-order valence-corrected chi connectivity index (χ1v) is 6.40. The van der Waals surface area contributed by atoms with Crippen molar-refractivity contribution in [3.05, 3.63) is 48.0 Å². The lowest BCUT2D eigenvalue weighted by Gasteiger charge is -2.20. The molecular formula is C15H18N4. The van der Waals surface area contributed by atoms with Gasteiger partial charge >= 0.3 is 0 Å². The molecule has 1 aromatic carbocycles. The Kier molecular flexibility index (Phi) is 3.98. The highest BCUT2D eigenvalue weighted by Gasteiger charge is 2.18. The molecule has 0 aliphatic carbocycles. The number of hydrogen-bond acceptors (Lipinski definition) is 3. The maximum Gasteiger partial charge on any atom is 0.0994 e. The summed E-state index contributed by atoms with van der Waals surface area (Å²) in [4.78, 5) is 4.23. The van der Waals surface area contributed by atoms with E-state index < -0.39 is 0 Å². The second-order valence-electron chi connectivity index (χ2n) is 4.93. The SMILES string of the molecule is CC(C)C(CN)c1cncn1-c1ccc(C#N)cc1. The second kappa shape index (κ2) is 5.68. The summed E-state index contributed by atoms with van der Waals surface area (Å²) in [7, 11) is 0. The van der Waals surface area contributed by atoms with E-state index in [1.165, 1.54) is 0 Å². The molecule has 0 spiro atoms. The van der Waals surface area contributed by atoms with E-state index in [2.05, 4.69) is 24.9 Å². The van der Waals surface area contributed by atoms with Crippen molar-refractivity contribution in [3.8, 4) is 11.8 Å². The molecule has 2 aromatic rings. The molecular weight excluding hydrogens is 236 g/mol. The number of nitrogens with two attached hydrogens (primary N) is 1. The normalized spacial score (nSPS) is 12.4. The summed E-state index contributed by atoms with van der Waals surface area (Å²) in [6, 6.07) is 9.60. The smallest absolute Gasteiger partial charge is 0.0994 e. The summed E-state index contributed by atoms with van der Waals surface area (Å²) in [5.41, 5.74) is 8.65. The maximum atomic E-state index is 8.83. The second-order valence-corrected chi connectivity index (χ2v) is 4.93. The van der Waals surface area contributed by atoms with E-state index in [1.807, 2.05) is 35.0 Å². The quantitative estimate of drug-likeness (QED) is 0.911. The van der Waals surface area contributed by atoms with Crippen LogP contribution in [0.3, 0.4) is 0 Å². The van der Waals surface area contributed by atoms with E-state index in [-0.39, 0.29) is 5.92 Å². The number of imidazole rings is 1. The predicted octanol–water partition coefficient (Wildman–Crippen LogP) is 2.44. The molecule has 0 amide bonds. The van der Waals surface area contributed by atoms with Gasteiger partial charge in [0.1, 0.15) is 0 Å². The van der Waals surface area contributed by atoms with Gasteiger partial charge in [0.05, 0.1) is 18.0 Å². The average molecular weight is 254 g/mol. The van der Waals surface area contributed by atoms with Gasteiger partial charge in [-0.1, -0.05) is 13.8 Å². The standard InChI is InChI=1S/C15H18N4/c1-11(2)14(8-17)15-9-18-10-19(15)13-5-3-12(7-16)4-6-13/h3-6,9-11,14H,8,17H2,1-2H3. The Morgan fingerprint density at radius 3 is 2.53 bits per heavy atom. The minimum atomic E-state index is 0.276. The minimum absolute atomic E-state index is 0.276.